The van der Waals surface area contributed by atoms with E-state index in [1.54, 1.807) is 11.3 Å². The standard InChI is InChI=1S/C25H28BrN5O2S2/c1-25(2,3)15-5-10-18-19(12-27)23(35-20(18)11-15)28-22(32)14-34-24-30-29-21(31(24)4)13-33-17-8-6-16(26)7-9-17/h6-9,15H,5,10-11,13-14H2,1-4H3,(H,28,32). The number of ether oxygens (including phenoxy) is 1. The van der Waals surface area contributed by atoms with Gasteiger partial charge in [-0.3, -0.25) is 4.79 Å². The zero-order chi connectivity index (χ0) is 25.2. The van der Waals surface area contributed by atoms with Crippen molar-refractivity contribution in [3.63, 3.8) is 0 Å². The molecule has 0 saturated carbocycles. The van der Waals surface area contributed by atoms with Gasteiger partial charge in [-0.15, -0.1) is 21.5 Å². The Kier molecular flexibility index (Phi) is 7.89. The SMILES string of the molecule is Cn1c(COc2ccc(Br)cc2)nnc1SCC(=O)Nc1sc2c(c1C#N)CCC(C(C)(C)C)C2. The average Bonchev–Trinajstić information content (AvgIpc) is 3.35. The lowest BCUT2D eigenvalue weighted by molar-refractivity contribution is -0.113. The first-order chi connectivity index (χ1) is 16.7. The van der Waals surface area contributed by atoms with Gasteiger partial charge in [0.25, 0.3) is 0 Å². The molecule has 1 aliphatic rings. The Morgan fingerprint density at radius 2 is 2.09 bits per heavy atom. The van der Waals surface area contributed by atoms with Crippen LogP contribution in [0, 0.1) is 22.7 Å². The number of hydrogen-bond acceptors (Lipinski definition) is 7. The fraction of sp³-hybridized carbons (Fsp3) is 0.440. The van der Waals surface area contributed by atoms with Crippen molar-refractivity contribution in [3.05, 3.63) is 50.6 Å². The summed E-state index contributed by atoms with van der Waals surface area (Å²) in [6, 6.07) is 9.91. The van der Waals surface area contributed by atoms with Crippen molar-refractivity contribution in [2.24, 2.45) is 18.4 Å². The third kappa shape index (κ3) is 6.08. The van der Waals surface area contributed by atoms with Gasteiger partial charge in [-0.2, -0.15) is 5.26 Å². The van der Waals surface area contributed by atoms with E-state index in [0.717, 1.165) is 35.0 Å². The number of fused-ring (bicyclic) bond motifs is 1. The van der Waals surface area contributed by atoms with Crippen LogP contribution in [0.5, 0.6) is 5.75 Å². The molecule has 184 valence electrons. The molecule has 10 heteroatoms. The van der Waals surface area contributed by atoms with Crippen LogP contribution in [0.3, 0.4) is 0 Å². The molecule has 0 radical (unpaired) electrons. The van der Waals surface area contributed by atoms with E-state index in [4.69, 9.17) is 4.74 Å². The summed E-state index contributed by atoms with van der Waals surface area (Å²) < 4.78 is 8.59. The van der Waals surface area contributed by atoms with E-state index in [2.05, 4.69) is 58.3 Å². The van der Waals surface area contributed by atoms with Crippen molar-refractivity contribution in [1.82, 2.24) is 14.8 Å². The molecule has 1 aromatic carbocycles. The number of thiophene rings is 1. The molecular weight excluding hydrogens is 546 g/mol. The van der Waals surface area contributed by atoms with E-state index in [9.17, 15) is 10.1 Å². The summed E-state index contributed by atoms with van der Waals surface area (Å²) in [6.07, 6.45) is 2.93. The molecule has 7 nitrogen and oxygen atoms in total. The highest BCUT2D eigenvalue weighted by atomic mass is 79.9. The molecule has 1 N–H and O–H groups in total. The van der Waals surface area contributed by atoms with Gasteiger partial charge in [0.15, 0.2) is 11.0 Å². The number of nitrogens with one attached hydrogen (secondary N) is 1. The molecule has 1 unspecified atom stereocenters. The van der Waals surface area contributed by atoms with Gasteiger partial charge in [-0.05, 0) is 60.4 Å². The first kappa shape index (κ1) is 25.7. The summed E-state index contributed by atoms with van der Waals surface area (Å²) in [4.78, 5) is 14.0. The van der Waals surface area contributed by atoms with Gasteiger partial charge in [0.1, 0.15) is 23.4 Å². The van der Waals surface area contributed by atoms with Crippen LogP contribution in [0.4, 0.5) is 5.00 Å². The van der Waals surface area contributed by atoms with Crippen LogP contribution in [0.25, 0.3) is 0 Å². The van der Waals surface area contributed by atoms with Crippen LogP contribution in [0.1, 0.15) is 49.0 Å². The number of thioether (sulfide) groups is 1. The Morgan fingerprint density at radius 1 is 1.34 bits per heavy atom. The van der Waals surface area contributed by atoms with Gasteiger partial charge in [0.2, 0.25) is 5.91 Å². The molecule has 0 saturated heterocycles. The molecule has 2 aromatic heterocycles. The Labute approximate surface area is 222 Å². The van der Waals surface area contributed by atoms with E-state index in [1.165, 1.54) is 16.6 Å². The average molecular weight is 575 g/mol. The van der Waals surface area contributed by atoms with Crippen LogP contribution < -0.4 is 10.1 Å². The monoisotopic (exact) mass is 573 g/mol. The molecule has 1 aliphatic carbocycles. The molecule has 1 atom stereocenters. The minimum absolute atomic E-state index is 0.159. The second-order valence-electron chi connectivity index (χ2n) is 9.66. The molecule has 35 heavy (non-hydrogen) atoms. The van der Waals surface area contributed by atoms with Crippen LogP contribution in [-0.4, -0.2) is 26.4 Å². The summed E-state index contributed by atoms with van der Waals surface area (Å²) in [7, 11) is 1.85. The first-order valence-corrected chi connectivity index (χ1v) is 14.0. The number of anilines is 1. The molecule has 1 amide bonds. The Bertz CT molecular complexity index is 1250. The number of nitrogens with zero attached hydrogens (tertiary/aromatic N) is 4. The van der Waals surface area contributed by atoms with Crippen LogP contribution in [0.2, 0.25) is 0 Å². The van der Waals surface area contributed by atoms with Crippen molar-refractivity contribution >= 4 is 49.9 Å². The van der Waals surface area contributed by atoms with Crippen LogP contribution in [0.15, 0.2) is 33.9 Å². The van der Waals surface area contributed by atoms with E-state index in [-0.39, 0.29) is 23.7 Å². The van der Waals surface area contributed by atoms with Gasteiger partial charge < -0.3 is 14.6 Å². The number of halogens is 1. The maximum Gasteiger partial charge on any atom is 0.235 e. The molecule has 0 spiro atoms. The summed E-state index contributed by atoms with van der Waals surface area (Å²) in [6.45, 7) is 7.09. The molecular formula is C25H28BrN5O2S2. The lowest BCUT2D eigenvalue weighted by Gasteiger charge is -2.33. The van der Waals surface area contributed by atoms with Crippen LogP contribution >= 0.6 is 39.0 Å². The summed E-state index contributed by atoms with van der Waals surface area (Å²) in [5, 5.41) is 22.4. The van der Waals surface area contributed by atoms with E-state index in [1.807, 2.05) is 35.9 Å². The zero-order valence-corrected chi connectivity index (χ0v) is 23.4. The van der Waals surface area contributed by atoms with E-state index >= 15 is 0 Å². The second kappa shape index (κ2) is 10.7. The number of aromatic nitrogens is 3. The second-order valence-corrected chi connectivity index (χ2v) is 12.6. The van der Waals surface area contributed by atoms with Gasteiger partial charge in [-0.25, -0.2) is 0 Å². The van der Waals surface area contributed by atoms with Crippen molar-refractivity contribution in [1.29, 1.82) is 5.26 Å². The fourth-order valence-electron chi connectivity index (χ4n) is 4.10. The van der Waals surface area contributed by atoms with E-state index in [0.29, 0.717) is 27.5 Å². The number of benzene rings is 1. The quantitative estimate of drug-likeness (QED) is 0.350. The van der Waals surface area contributed by atoms with Gasteiger partial charge in [0, 0.05) is 16.4 Å². The Morgan fingerprint density at radius 3 is 2.77 bits per heavy atom. The zero-order valence-electron chi connectivity index (χ0n) is 20.2. The molecule has 0 fully saturated rings. The smallest absolute Gasteiger partial charge is 0.235 e. The third-order valence-corrected chi connectivity index (χ3v) is 9.01. The maximum absolute atomic E-state index is 12.7. The van der Waals surface area contributed by atoms with Crippen molar-refractivity contribution in [2.45, 2.75) is 51.8 Å². The van der Waals surface area contributed by atoms with Crippen molar-refractivity contribution in [2.75, 3.05) is 11.1 Å². The lowest BCUT2D eigenvalue weighted by Crippen LogP contribution is -2.26. The maximum atomic E-state index is 12.7. The minimum Gasteiger partial charge on any atom is -0.486 e. The van der Waals surface area contributed by atoms with Crippen molar-refractivity contribution in [3.8, 4) is 11.8 Å². The number of nitriles is 1. The highest BCUT2D eigenvalue weighted by Gasteiger charge is 2.32. The van der Waals surface area contributed by atoms with Crippen LogP contribution in [-0.2, 0) is 31.3 Å². The highest BCUT2D eigenvalue weighted by molar-refractivity contribution is 9.10. The Balaban J connectivity index is 1.35. The predicted octanol–water partition coefficient (Wildman–Crippen LogP) is 5.97. The minimum atomic E-state index is -0.159. The lowest BCUT2D eigenvalue weighted by atomic mass is 9.72. The van der Waals surface area contributed by atoms with Crippen molar-refractivity contribution < 1.29 is 9.53 Å². The summed E-state index contributed by atoms with van der Waals surface area (Å²) >= 11 is 6.27. The number of rotatable bonds is 7. The fourth-order valence-corrected chi connectivity index (χ4v) is 6.39. The summed E-state index contributed by atoms with van der Waals surface area (Å²) in [5.41, 5.74) is 1.97. The predicted molar refractivity (Wildman–Crippen MR) is 143 cm³/mol. The molecule has 2 heterocycles. The molecule has 0 bridgehead atoms. The third-order valence-electron chi connectivity index (χ3n) is 6.29. The molecule has 3 aromatic rings. The number of amides is 1. The first-order valence-electron chi connectivity index (χ1n) is 11.4. The van der Waals surface area contributed by atoms with Gasteiger partial charge in [0.05, 0.1) is 11.3 Å². The van der Waals surface area contributed by atoms with Gasteiger partial charge in [-0.1, -0.05) is 48.5 Å². The van der Waals surface area contributed by atoms with Gasteiger partial charge >= 0.3 is 0 Å². The Hall–Kier alpha value is -2.35. The number of carbonyl (C=O) groups is 1. The largest absolute Gasteiger partial charge is 0.486 e. The molecule has 0 aliphatic heterocycles. The number of hydrogen-bond donors (Lipinski definition) is 1. The highest BCUT2D eigenvalue weighted by Crippen LogP contribution is 2.44. The molecule has 4 rings (SSSR count). The number of carbonyl (C=O) groups excluding carboxylic acids is 1. The topological polar surface area (TPSA) is 92.8 Å². The summed E-state index contributed by atoms with van der Waals surface area (Å²) in [5.74, 6) is 2.01. The van der Waals surface area contributed by atoms with E-state index < -0.39 is 0 Å². The normalized spacial score (nSPS) is 15.4.